The predicted molar refractivity (Wildman–Crippen MR) is 191 cm³/mol. The summed E-state index contributed by atoms with van der Waals surface area (Å²) in [7, 11) is 0. The van der Waals surface area contributed by atoms with Crippen molar-refractivity contribution in [3.8, 4) is 34.5 Å². The zero-order valence-corrected chi connectivity index (χ0v) is 30.7. The molecule has 1 aliphatic heterocycles. The van der Waals surface area contributed by atoms with Crippen molar-refractivity contribution in [3.63, 3.8) is 0 Å². The number of carbonyl (C=O) groups is 7. The number of rotatable bonds is 11. The van der Waals surface area contributed by atoms with Gasteiger partial charge in [0.2, 0.25) is 0 Å². The molecular formula is C40H38O13. The maximum Gasteiger partial charge on any atom is 0.308 e. The van der Waals surface area contributed by atoms with Gasteiger partial charge in [-0.1, -0.05) is 36.4 Å². The van der Waals surface area contributed by atoms with Crippen LogP contribution in [0.2, 0.25) is 0 Å². The number of hydrogen-bond donors (Lipinski definition) is 0. The molecule has 13 heteroatoms. The number of carbonyl (C=O) groups excluding carboxylic acids is 7. The van der Waals surface area contributed by atoms with Gasteiger partial charge in [-0.15, -0.1) is 0 Å². The standard InChI is InChI=1S/C40H38O13/c1-20-34(48-22(3)42)29(37(51-25(6)45)32(21(2)41)35(20)49-23(4)43)19-30-36(50-24(5)44)28-17-18-40(8,9)53-39(28)33(38(30)52-26(7)46)31(47)16-15-27-13-11-10-12-14-27/h10-18H,19H2,1-9H3. The largest absolute Gasteiger partial charge is 0.482 e. The van der Waals surface area contributed by atoms with E-state index in [4.69, 9.17) is 28.4 Å². The van der Waals surface area contributed by atoms with E-state index in [9.17, 15) is 33.6 Å². The highest BCUT2D eigenvalue weighted by Crippen LogP contribution is 2.52. The molecule has 0 radical (unpaired) electrons. The monoisotopic (exact) mass is 726 g/mol. The van der Waals surface area contributed by atoms with Gasteiger partial charge in [0.25, 0.3) is 0 Å². The first kappa shape index (κ1) is 39.4. The Bertz CT molecular complexity index is 2120. The van der Waals surface area contributed by atoms with Crippen LogP contribution in [-0.4, -0.2) is 47.0 Å². The molecule has 0 saturated heterocycles. The summed E-state index contributed by atoms with van der Waals surface area (Å²) in [6, 6.07) is 8.91. The lowest BCUT2D eigenvalue weighted by Crippen LogP contribution is -2.29. The van der Waals surface area contributed by atoms with Crippen LogP contribution in [0, 0.1) is 6.92 Å². The van der Waals surface area contributed by atoms with Crippen LogP contribution in [-0.2, 0) is 30.4 Å². The van der Waals surface area contributed by atoms with Crippen molar-refractivity contribution in [1.29, 1.82) is 0 Å². The Morgan fingerprint density at radius 2 is 1.11 bits per heavy atom. The Morgan fingerprint density at radius 3 is 1.64 bits per heavy atom. The van der Waals surface area contributed by atoms with Crippen molar-refractivity contribution in [2.75, 3.05) is 0 Å². The molecule has 1 heterocycles. The molecule has 53 heavy (non-hydrogen) atoms. The first-order valence-corrected chi connectivity index (χ1v) is 16.3. The second-order valence-corrected chi connectivity index (χ2v) is 12.6. The third-order valence-electron chi connectivity index (χ3n) is 7.60. The molecule has 3 aromatic carbocycles. The summed E-state index contributed by atoms with van der Waals surface area (Å²) in [5.41, 5.74) is -1.08. The van der Waals surface area contributed by atoms with E-state index in [1.807, 2.05) is 6.07 Å². The zero-order chi connectivity index (χ0) is 39.4. The molecule has 0 aromatic heterocycles. The number of fused-ring (bicyclic) bond motifs is 1. The summed E-state index contributed by atoms with van der Waals surface area (Å²) in [5.74, 6) is -7.43. The van der Waals surface area contributed by atoms with Crippen molar-refractivity contribution in [2.24, 2.45) is 0 Å². The van der Waals surface area contributed by atoms with E-state index in [-0.39, 0.29) is 56.4 Å². The summed E-state index contributed by atoms with van der Waals surface area (Å²) in [6.45, 7) is 11.4. The van der Waals surface area contributed by atoms with E-state index in [1.54, 1.807) is 56.3 Å². The molecule has 4 rings (SSSR count). The maximum absolute atomic E-state index is 14.3. The van der Waals surface area contributed by atoms with Gasteiger partial charge in [-0.25, -0.2) is 0 Å². The fourth-order valence-electron chi connectivity index (χ4n) is 5.66. The molecule has 0 spiro atoms. The minimum Gasteiger partial charge on any atom is -0.482 e. The Hall–Kier alpha value is -6.37. The van der Waals surface area contributed by atoms with Gasteiger partial charge in [-0.3, -0.25) is 33.6 Å². The molecule has 0 amide bonds. The number of benzene rings is 3. The van der Waals surface area contributed by atoms with Gasteiger partial charge >= 0.3 is 29.8 Å². The number of allylic oxidation sites excluding steroid dienone is 1. The molecule has 0 saturated carbocycles. The Balaban J connectivity index is 2.24. The van der Waals surface area contributed by atoms with E-state index in [0.29, 0.717) is 5.56 Å². The lowest BCUT2D eigenvalue weighted by atomic mass is 9.88. The molecule has 0 fully saturated rings. The van der Waals surface area contributed by atoms with Crippen molar-refractivity contribution in [2.45, 2.75) is 74.3 Å². The molecule has 0 N–H and O–H groups in total. The Morgan fingerprint density at radius 1 is 0.642 bits per heavy atom. The van der Waals surface area contributed by atoms with Gasteiger partial charge in [-0.05, 0) is 51.5 Å². The van der Waals surface area contributed by atoms with E-state index in [2.05, 4.69) is 0 Å². The number of Topliss-reactive ketones (excluding diaryl/α,β-unsaturated/α-hetero) is 1. The normalized spacial score (nSPS) is 12.6. The summed E-state index contributed by atoms with van der Waals surface area (Å²) < 4.78 is 34.4. The third-order valence-corrected chi connectivity index (χ3v) is 7.60. The summed E-state index contributed by atoms with van der Waals surface area (Å²) >= 11 is 0. The number of esters is 5. The average Bonchev–Trinajstić information content (AvgIpc) is 3.03. The van der Waals surface area contributed by atoms with Crippen LogP contribution >= 0.6 is 0 Å². The van der Waals surface area contributed by atoms with Crippen LogP contribution in [0.5, 0.6) is 34.5 Å². The maximum atomic E-state index is 14.3. The van der Waals surface area contributed by atoms with Gasteiger partial charge < -0.3 is 28.4 Å². The van der Waals surface area contributed by atoms with Gasteiger partial charge in [0.05, 0.1) is 5.56 Å². The minimum atomic E-state index is -0.987. The molecule has 3 aromatic rings. The lowest BCUT2D eigenvalue weighted by molar-refractivity contribution is -0.133. The predicted octanol–water partition coefficient (Wildman–Crippen LogP) is 6.50. The van der Waals surface area contributed by atoms with Gasteiger partial charge in [-0.2, -0.15) is 0 Å². The zero-order valence-electron chi connectivity index (χ0n) is 30.7. The molecule has 1 aliphatic rings. The van der Waals surface area contributed by atoms with Crippen LogP contribution < -0.4 is 28.4 Å². The van der Waals surface area contributed by atoms with E-state index < -0.39 is 64.9 Å². The first-order valence-electron chi connectivity index (χ1n) is 16.3. The van der Waals surface area contributed by atoms with Gasteiger partial charge in [0.15, 0.2) is 28.8 Å². The molecule has 0 bridgehead atoms. The fourth-order valence-corrected chi connectivity index (χ4v) is 5.66. The van der Waals surface area contributed by atoms with Crippen LogP contribution in [0.1, 0.15) is 104 Å². The highest BCUT2D eigenvalue weighted by atomic mass is 16.6. The van der Waals surface area contributed by atoms with Crippen molar-refractivity contribution < 1.29 is 62.0 Å². The number of ketones is 2. The highest BCUT2D eigenvalue weighted by molar-refractivity contribution is 6.13. The van der Waals surface area contributed by atoms with Crippen molar-refractivity contribution >= 4 is 53.6 Å². The summed E-state index contributed by atoms with van der Waals surface area (Å²) in [4.78, 5) is 90.4. The van der Waals surface area contributed by atoms with Gasteiger partial charge in [0.1, 0.15) is 34.0 Å². The average molecular weight is 727 g/mol. The minimum absolute atomic E-state index is 0.0143. The topological polar surface area (TPSA) is 175 Å². The molecule has 0 atom stereocenters. The van der Waals surface area contributed by atoms with Gasteiger partial charge in [0, 0.05) is 57.7 Å². The molecule has 0 aliphatic carbocycles. The van der Waals surface area contributed by atoms with Crippen molar-refractivity contribution in [3.05, 3.63) is 81.4 Å². The van der Waals surface area contributed by atoms with Crippen LogP contribution in [0.3, 0.4) is 0 Å². The van der Waals surface area contributed by atoms with Crippen LogP contribution in [0.15, 0.2) is 42.5 Å². The molecular weight excluding hydrogens is 688 g/mol. The SMILES string of the molecule is CC(=O)Oc1c(C)c(OC(C)=O)c(C(C)=O)c(OC(C)=O)c1Cc1c(OC(C)=O)c2c(c(C(=O)C=Cc3ccccc3)c1OC(C)=O)OC(C)(C)C=C2. The first-order chi connectivity index (χ1) is 24.8. The summed E-state index contributed by atoms with van der Waals surface area (Å²) in [5, 5.41) is 0. The number of ether oxygens (including phenoxy) is 6. The lowest BCUT2D eigenvalue weighted by Gasteiger charge is -2.32. The highest BCUT2D eigenvalue weighted by Gasteiger charge is 2.38. The van der Waals surface area contributed by atoms with Crippen LogP contribution in [0.4, 0.5) is 0 Å². The second kappa shape index (κ2) is 15.9. The third kappa shape index (κ3) is 9.11. The second-order valence-electron chi connectivity index (χ2n) is 12.6. The quantitative estimate of drug-likeness (QED) is 0.0908. The molecule has 276 valence electrons. The van der Waals surface area contributed by atoms with E-state index in [0.717, 1.165) is 41.5 Å². The van der Waals surface area contributed by atoms with E-state index >= 15 is 0 Å². The van der Waals surface area contributed by atoms with Crippen LogP contribution in [0.25, 0.3) is 12.2 Å². The summed E-state index contributed by atoms with van der Waals surface area (Å²) in [6.07, 6.45) is 5.47. The fraction of sp³-hybridized carbons (Fsp3) is 0.275. The number of hydrogen-bond acceptors (Lipinski definition) is 13. The Kier molecular flexibility index (Phi) is 11.8. The smallest absolute Gasteiger partial charge is 0.308 e. The Labute approximate surface area is 305 Å². The van der Waals surface area contributed by atoms with E-state index in [1.165, 1.54) is 13.0 Å². The molecule has 0 unspecified atom stereocenters. The molecule has 13 nitrogen and oxygen atoms in total. The van der Waals surface area contributed by atoms with Crippen molar-refractivity contribution in [1.82, 2.24) is 0 Å².